The van der Waals surface area contributed by atoms with Gasteiger partial charge in [0.1, 0.15) is 6.61 Å². The number of unbranched alkanes of at least 4 members (excludes halogenated alkanes) is 2. The second-order valence-electron chi connectivity index (χ2n) is 6.51. The second kappa shape index (κ2) is 11.9. The van der Waals surface area contributed by atoms with Gasteiger partial charge in [-0.3, -0.25) is 0 Å². The Kier molecular flexibility index (Phi) is 9.46. The molecule has 0 unspecified atom stereocenters. The average Bonchev–Trinajstić information content (AvgIpc) is 2.65. The van der Waals surface area contributed by atoms with Crippen molar-refractivity contribution in [1.82, 2.24) is 5.32 Å². The van der Waals surface area contributed by atoms with Crippen LogP contribution in [-0.2, 0) is 13.2 Å². The zero-order chi connectivity index (χ0) is 19.5. The maximum atomic E-state index is 8.81. The van der Waals surface area contributed by atoms with E-state index in [1.165, 1.54) is 5.56 Å². The second-order valence-corrected chi connectivity index (χ2v) is 6.92. The normalized spacial score (nSPS) is 10.8. The van der Waals surface area contributed by atoms with Crippen LogP contribution in [0, 0.1) is 6.92 Å². The molecule has 27 heavy (non-hydrogen) atoms. The molecular weight excluding hydrogens is 362 g/mol. The number of nitrogens with one attached hydrogen (secondary N) is 1. The number of aliphatic hydroxyl groups excluding tert-OH is 1. The number of hydrogen-bond donors (Lipinski definition) is 2. The Morgan fingerprint density at radius 1 is 1.07 bits per heavy atom. The third-order valence-electron chi connectivity index (χ3n) is 4.34. The lowest BCUT2D eigenvalue weighted by Crippen LogP contribution is -2.15. The molecule has 2 aromatic rings. The van der Waals surface area contributed by atoms with Crippen LogP contribution < -0.4 is 14.8 Å². The third kappa shape index (κ3) is 7.06. The molecule has 4 nitrogen and oxygen atoms in total. The molecule has 2 aromatic carbocycles. The Balaban J connectivity index is 2.01. The molecule has 0 bridgehead atoms. The largest absolute Gasteiger partial charge is 0.490 e. The lowest BCUT2D eigenvalue weighted by Gasteiger charge is -2.16. The molecule has 0 spiro atoms. The van der Waals surface area contributed by atoms with Gasteiger partial charge in [-0.25, -0.2) is 0 Å². The van der Waals surface area contributed by atoms with Gasteiger partial charge in [0.2, 0.25) is 0 Å². The van der Waals surface area contributed by atoms with Gasteiger partial charge in [-0.1, -0.05) is 35.9 Å². The van der Waals surface area contributed by atoms with Gasteiger partial charge in [-0.2, -0.15) is 0 Å². The molecule has 148 valence electrons. The number of benzene rings is 2. The van der Waals surface area contributed by atoms with Crippen molar-refractivity contribution in [1.29, 1.82) is 0 Å². The highest BCUT2D eigenvalue weighted by Gasteiger charge is 2.13. The van der Waals surface area contributed by atoms with Gasteiger partial charge in [0.05, 0.1) is 11.6 Å². The molecule has 0 saturated heterocycles. The molecular formula is C22H30ClNO3. The number of aryl methyl sites for hydroxylation is 1. The monoisotopic (exact) mass is 391 g/mol. The molecule has 0 heterocycles. The molecule has 0 aliphatic carbocycles. The van der Waals surface area contributed by atoms with E-state index in [1.807, 2.05) is 31.2 Å². The first-order valence-corrected chi connectivity index (χ1v) is 9.97. The van der Waals surface area contributed by atoms with Gasteiger partial charge in [0.25, 0.3) is 0 Å². The lowest BCUT2D eigenvalue weighted by molar-refractivity contribution is 0.268. The molecule has 0 aromatic heterocycles. The molecule has 0 fully saturated rings. The first kappa shape index (κ1) is 21.5. The maximum absolute atomic E-state index is 8.81. The molecule has 0 amide bonds. The van der Waals surface area contributed by atoms with E-state index in [0.29, 0.717) is 29.7 Å². The van der Waals surface area contributed by atoms with Gasteiger partial charge < -0.3 is 19.9 Å². The van der Waals surface area contributed by atoms with Crippen molar-refractivity contribution < 1.29 is 14.6 Å². The number of hydrogen-bond acceptors (Lipinski definition) is 4. The Hall–Kier alpha value is -1.75. The molecule has 0 saturated carbocycles. The molecule has 0 aliphatic rings. The lowest BCUT2D eigenvalue weighted by atomic mass is 10.1. The number of ether oxygens (including phenoxy) is 2. The molecule has 2 N–H and O–H groups in total. The van der Waals surface area contributed by atoms with Crippen molar-refractivity contribution in [2.75, 3.05) is 19.8 Å². The van der Waals surface area contributed by atoms with Gasteiger partial charge in [-0.05, 0) is 68.5 Å². The van der Waals surface area contributed by atoms with Crippen molar-refractivity contribution in [3.63, 3.8) is 0 Å². The topological polar surface area (TPSA) is 50.7 Å². The maximum Gasteiger partial charge on any atom is 0.180 e. The summed E-state index contributed by atoms with van der Waals surface area (Å²) < 4.78 is 11.8. The summed E-state index contributed by atoms with van der Waals surface area (Å²) in [5.74, 6) is 1.27. The van der Waals surface area contributed by atoms with E-state index >= 15 is 0 Å². The van der Waals surface area contributed by atoms with Crippen molar-refractivity contribution >= 4 is 11.6 Å². The smallest absolute Gasteiger partial charge is 0.180 e. The number of rotatable bonds is 12. The highest BCUT2D eigenvalue weighted by atomic mass is 35.5. The summed E-state index contributed by atoms with van der Waals surface area (Å²) in [6, 6.07) is 12.1. The van der Waals surface area contributed by atoms with E-state index < -0.39 is 0 Å². The summed E-state index contributed by atoms with van der Waals surface area (Å²) in [7, 11) is 0. The Morgan fingerprint density at radius 2 is 1.89 bits per heavy atom. The highest BCUT2D eigenvalue weighted by Crippen LogP contribution is 2.37. The molecule has 0 radical (unpaired) electrons. The van der Waals surface area contributed by atoms with Crippen molar-refractivity contribution in [2.24, 2.45) is 0 Å². The predicted octanol–water partition coefficient (Wildman–Crippen LogP) is 4.88. The van der Waals surface area contributed by atoms with Crippen LogP contribution in [0.1, 0.15) is 42.9 Å². The zero-order valence-corrected chi connectivity index (χ0v) is 17.0. The van der Waals surface area contributed by atoms with Gasteiger partial charge in [0, 0.05) is 13.2 Å². The fraction of sp³-hybridized carbons (Fsp3) is 0.455. The van der Waals surface area contributed by atoms with Crippen molar-refractivity contribution in [2.45, 2.75) is 46.3 Å². The minimum atomic E-state index is 0.261. The Bertz CT molecular complexity index is 706. The van der Waals surface area contributed by atoms with Crippen LogP contribution in [0.3, 0.4) is 0 Å². The fourth-order valence-corrected chi connectivity index (χ4v) is 3.11. The Morgan fingerprint density at radius 3 is 2.63 bits per heavy atom. The first-order chi connectivity index (χ1) is 13.2. The van der Waals surface area contributed by atoms with E-state index in [2.05, 4.69) is 24.4 Å². The van der Waals surface area contributed by atoms with E-state index in [9.17, 15) is 0 Å². The molecule has 2 rings (SSSR count). The Labute approximate surface area is 167 Å². The van der Waals surface area contributed by atoms with Gasteiger partial charge in [0.15, 0.2) is 11.5 Å². The van der Waals surface area contributed by atoms with Gasteiger partial charge >= 0.3 is 0 Å². The summed E-state index contributed by atoms with van der Waals surface area (Å²) >= 11 is 6.50. The van der Waals surface area contributed by atoms with E-state index in [1.54, 1.807) is 0 Å². The number of halogens is 1. The van der Waals surface area contributed by atoms with E-state index in [0.717, 1.165) is 43.5 Å². The predicted molar refractivity (Wildman–Crippen MR) is 111 cm³/mol. The molecule has 0 atom stereocenters. The fourth-order valence-electron chi connectivity index (χ4n) is 2.82. The average molecular weight is 392 g/mol. The van der Waals surface area contributed by atoms with Crippen LogP contribution in [0.2, 0.25) is 5.02 Å². The van der Waals surface area contributed by atoms with Crippen LogP contribution in [0.25, 0.3) is 0 Å². The summed E-state index contributed by atoms with van der Waals surface area (Å²) in [5, 5.41) is 12.8. The minimum absolute atomic E-state index is 0.261. The minimum Gasteiger partial charge on any atom is -0.490 e. The summed E-state index contributed by atoms with van der Waals surface area (Å²) in [5.41, 5.74) is 3.38. The molecule has 5 heteroatoms. The van der Waals surface area contributed by atoms with Gasteiger partial charge in [-0.15, -0.1) is 0 Å². The first-order valence-electron chi connectivity index (χ1n) is 9.59. The standard InChI is InChI=1S/C22H30ClNO3/c1-3-26-21-14-18(15-24-11-7-4-8-12-25)13-20(23)22(21)27-16-19-10-6-5-9-17(19)2/h5-6,9-10,13-14,24-25H,3-4,7-8,11-12,15-16H2,1-2H3. The zero-order valence-electron chi connectivity index (χ0n) is 16.3. The highest BCUT2D eigenvalue weighted by molar-refractivity contribution is 6.32. The van der Waals surface area contributed by atoms with E-state index in [-0.39, 0.29) is 6.61 Å². The summed E-state index contributed by atoms with van der Waals surface area (Å²) in [6.07, 6.45) is 2.93. The van der Waals surface area contributed by atoms with Crippen LogP contribution >= 0.6 is 11.6 Å². The van der Waals surface area contributed by atoms with Crippen LogP contribution in [0.15, 0.2) is 36.4 Å². The van der Waals surface area contributed by atoms with Crippen molar-refractivity contribution in [3.8, 4) is 11.5 Å². The molecule has 0 aliphatic heterocycles. The van der Waals surface area contributed by atoms with Crippen LogP contribution in [0.5, 0.6) is 11.5 Å². The summed E-state index contributed by atoms with van der Waals surface area (Å²) in [4.78, 5) is 0. The van der Waals surface area contributed by atoms with Crippen LogP contribution in [0.4, 0.5) is 0 Å². The summed E-state index contributed by atoms with van der Waals surface area (Å²) in [6.45, 7) is 6.91. The quantitative estimate of drug-likeness (QED) is 0.506. The number of aliphatic hydroxyl groups is 1. The van der Waals surface area contributed by atoms with Crippen LogP contribution in [-0.4, -0.2) is 24.9 Å². The third-order valence-corrected chi connectivity index (χ3v) is 4.62. The van der Waals surface area contributed by atoms with Crippen molar-refractivity contribution in [3.05, 3.63) is 58.1 Å². The SMILES string of the molecule is CCOc1cc(CNCCCCCO)cc(Cl)c1OCc1ccccc1C. The van der Waals surface area contributed by atoms with E-state index in [4.69, 9.17) is 26.2 Å².